The molecule has 0 spiro atoms. The van der Waals surface area contributed by atoms with Crippen LogP contribution in [0.2, 0.25) is 0 Å². The molecule has 56 heavy (non-hydrogen) atoms. The Morgan fingerprint density at radius 1 is 0.714 bits per heavy atom. The van der Waals surface area contributed by atoms with Crippen LogP contribution in [0, 0.1) is 23.7 Å². The van der Waals surface area contributed by atoms with Crippen LogP contribution in [-0.2, 0) is 29.2 Å². The summed E-state index contributed by atoms with van der Waals surface area (Å²) in [5, 5.41) is 16.3. The van der Waals surface area contributed by atoms with Crippen LogP contribution in [0.5, 0.6) is 0 Å². The van der Waals surface area contributed by atoms with E-state index >= 15 is 0 Å². The number of piperazine rings is 1. The van der Waals surface area contributed by atoms with Crippen LogP contribution in [0.15, 0.2) is 103 Å². The van der Waals surface area contributed by atoms with Crippen molar-refractivity contribution in [2.45, 2.75) is 89.2 Å². The van der Waals surface area contributed by atoms with Crippen LogP contribution in [0.3, 0.4) is 0 Å². The van der Waals surface area contributed by atoms with Gasteiger partial charge in [0, 0.05) is 62.8 Å². The number of hydrogen-bond donors (Lipinski definition) is 3. The molecule has 4 aromatic rings. The second kappa shape index (κ2) is 16.4. The van der Waals surface area contributed by atoms with Gasteiger partial charge < -0.3 is 25.2 Å². The van der Waals surface area contributed by atoms with Gasteiger partial charge in [-0.15, -0.1) is 0 Å². The number of nitrogens with zero attached hydrogens (tertiary/aromatic N) is 2. The van der Waals surface area contributed by atoms with Crippen LogP contribution in [0.25, 0.3) is 11.1 Å². The summed E-state index contributed by atoms with van der Waals surface area (Å²) >= 11 is 0. The van der Waals surface area contributed by atoms with E-state index in [1.54, 1.807) is 0 Å². The Morgan fingerprint density at radius 2 is 1.36 bits per heavy atom. The molecule has 8 nitrogen and oxygen atoms in total. The normalized spacial score (nSPS) is 30.3. The molecule has 2 heterocycles. The molecule has 0 aromatic heterocycles. The number of benzene rings is 4. The number of rotatable bonds is 11. The third-order valence-corrected chi connectivity index (χ3v) is 13.6. The fourth-order valence-electron chi connectivity index (χ4n) is 11.0. The summed E-state index contributed by atoms with van der Waals surface area (Å²) in [5.41, 5.74) is 7.67. The maximum Gasteiger partial charge on any atom is 0.315 e. The Morgan fingerprint density at radius 3 is 2.04 bits per heavy atom. The smallest absolute Gasteiger partial charge is 0.315 e. The van der Waals surface area contributed by atoms with Crippen molar-refractivity contribution in [3.63, 3.8) is 0 Å². The second-order valence-electron chi connectivity index (χ2n) is 17.7. The SMILES string of the molecule is C[C@H]1[C@@H](CN2CCN(Cc3ccccc3)CC2)O[C@@H](c2ccc(-c3cccc(CNC(=O)NC45CC6CC(CC(C6)C4)C5)c3)cc2)O[C@H]1c1ccc(CO)cc1. The summed E-state index contributed by atoms with van der Waals surface area (Å²) in [4.78, 5) is 18.2. The topological polar surface area (TPSA) is 86.3 Å². The highest BCUT2D eigenvalue weighted by molar-refractivity contribution is 5.75. The molecular weight excluding hydrogens is 697 g/mol. The van der Waals surface area contributed by atoms with Crippen molar-refractivity contribution in [3.8, 4) is 11.1 Å². The summed E-state index contributed by atoms with van der Waals surface area (Å²) in [7, 11) is 0. The van der Waals surface area contributed by atoms with Gasteiger partial charge in [-0.2, -0.15) is 0 Å². The molecule has 6 aliphatic rings. The van der Waals surface area contributed by atoms with Gasteiger partial charge in [-0.3, -0.25) is 9.80 Å². The molecule has 8 heteroatoms. The highest BCUT2D eigenvalue weighted by atomic mass is 16.7. The molecule has 3 N–H and O–H groups in total. The Kier molecular flexibility index (Phi) is 11.0. The van der Waals surface area contributed by atoms with E-state index < -0.39 is 6.29 Å². The number of aliphatic hydroxyl groups excluding tert-OH is 1. The quantitative estimate of drug-likeness (QED) is 0.143. The van der Waals surface area contributed by atoms with Crippen molar-refractivity contribution in [2.24, 2.45) is 23.7 Å². The number of hydrogen-bond acceptors (Lipinski definition) is 6. The number of carbonyl (C=O) groups excluding carboxylic acids is 1. The molecular formula is C48H58N4O4. The highest BCUT2D eigenvalue weighted by Crippen LogP contribution is 2.55. The maximum absolute atomic E-state index is 13.2. The first-order chi connectivity index (χ1) is 27.4. The molecule has 2 aliphatic heterocycles. The summed E-state index contributed by atoms with van der Waals surface area (Å²) in [6, 6.07) is 35.9. The van der Waals surface area contributed by atoms with E-state index in [4.69, 9.17) is 9.47 Å². The van der Waals surface area contributed by atoms with Gasteiger partial charge >= 0.3 is 6.03 Å². The fourth-order valence-corrected chi connectivity index (χ4v) is 11.0. The summed E-state index contributed by atoms with van der Waals surface area (Å²) in [6.45, 7) is 8.70. The number of ether oxygens (including phenoxy) is 2. The Balaban J connectivity index is 0.848. The molecule has 2 saturated heterocycles. The van der Waals surface area contributed by atoms with Crippen LogP contribution in [0.4, 0.5) is 4.79 Å². The minimum absolute atomic E-state index is 0.00889. The van der Waals surface area contributed by atoms with Crippen molar-refractivity contribution in [3.05, 3.63) is 131 Å². The van der Waals surface area contributed by atoms with Gasteiger partial charge in [0.25, 0.3) is 0 Å². The van der Waals surface area contributed by atoms with Crippen molar-refractivity contribution in [2.75, 3.05) is 32.7 Å². The predicted molar refractivity (Wildman–Crippen MR) is 219 cm³/mol. The van der Waals surface area contributed by atoms with E-state index in [0.29, 0.717) is 6.54 Å². The number of urea groups is 1. The molecule has 4 saturated carbocycles. The zero-order valence-electron chi connectivity index (χ0n) is 32.8. The van der Waals surface area contributed by atoms with E-state index in [1.165, 1.54) is 24.8 Å². The first-order valence-corrected chi connectivity index (χ1v) is 21.1. The molecule has 4 bridgehead atoms. The lowest BCUT2D eigenvalue weighted by molar-refractivity contribution is -0.276. The Bertz CT molecular complexity index is 1890. The number of aliphatic hydroxyl groups is 1. The minimum atomic E-state index is -0.504. The largest absolute Gasteiger partial charge is 0.392 e. The van der Waals surface area contributed by atoms with Gasteiger partial charge in [0.2, 0.25) is 0 Å². The van der Waals surface area contributed by atoms with Crippen molar-refractivity contribution in [1.82, 2.24) is 20.4 Å². The van der Waals surface area contributed by atoms with Gasteiger partial charge in [-0.1, -0.05) is 104 Å². The first-order valence-electron chi connectivity index (χ1n) is 21.1. The van der Waals surface area contributed by atoms with E-state index in [1.807, 2.05) is 12.1 Å². The van der Waals surface area contributed by atoms with Crippen molar-refractivity contribution in [1.29, 1.82) is 0 Å². The molecule has 2 amide bonds. The second-order valence-corrected chi connectivity index (χ2v) is 17.7. The number of nitrogens with one attached hydrogen (secondary N) is 2. The van der Waals surface area contributed by atoms with Crippen molar-refractivity contribution >= 4 is 6.03 Å². The maximum atomic E-state index is 13.2. The van der Waals surface area contributed by atoms with Gasteiger partial charge in [0.05, 0.1) is 18.8 Å². The lowest BCUT2D eigenvalue weighted by Crippen LogP contribution is -2.61. The lowest BCUT2D eigenvalue weighted by Gasteiger charge is -2.56. The van der Waals surface area contributed by atoms with E-state index in [-0.39, 0.29) is 36.3 Å². The van der Waals surface area contributed by atoms with Crippen LogP contribution < -0.4 is 10.6 Å². The molecule has 6 fully saturated rings. The molecule has 10 rings (SSSR count). The van der Waals surface area contributed by atoms with E-state index in [9.17, 15) is 9.90 Å². The molecule has 0 radical (unpaired) electrons. The third kappa shape index (κ3) is 8.46. The average Bonchev–Trinajstić information content (AvgIpc) is 3.21. The van der Waals surface area contributed by atoms with E-state index in [2.05, 4.69) is 118 Å². The summed E-state index contributed by atoms with van der Waals surface area (Å²) in [6.07, 6.45) is 6.90. The predicted octanol–water partition coefficient (Wildman–Crippen LogP) is 8.22. The standard InChI is InChI=1S/C48H58N4O4/c1-33-44(31-52-20-18-51(19-21-52)30-34-6-3-2-4-7-34)55-46(56-45(33)41-12-10-35(32-53)11-13-41)42-16-14-40(15-17-42)43-9-5-8-36(25-43)29-49-47(54)50-48-26-37-22-38(27-48)24-39(23-37)28-48/h2-17,25,33,37-39,44-46,53H,18-24,26-32H2,1H3,(H2,49,50,54)/t33-,37?,38?,39?,44+,45+,46+,48?/m0/s1. The van der Waals surface area contributed by atoms with E-state index in [0.717, 1.165) is 110 Å². The summed E-state index contributed by atoms with van der Waals surface area (Å²) < 4.78 is 13.6. The molecule has 0 unspecified atom stereocenters. The lowest BCUT2D eigenvalue weighted by atomic mass is 9.53. The average molecular weight is 755 g/mol. The van der Waals surface area contributed by atoms with Gasteiger partial charge in [0.15, 0.2) is 6.29 Å². The van der Waals surface area contributed by atoms with Crippen molar-refractivity contribution < 1.29 is 19.4 Å². The van der Waals surface area contributed by atoms with Gasteiger partial charge in [-0.25, -0.2) is 4.79 Å². The molecule has 4 aromatic carbocycles. The first kappa shape index (κ1) is 37.5. The number of carbonyl (C=O) groups is 1. The zero-order valence-corrected chi connectivity index (χ0v) is 32.8. The van der Waals surface area contributed by atoms with Gasteiger partial charge in [0.1, 0.15) is 0 Å². The van der Waals surface area contributed by atoms with Gasteiger partial charge in [-0.05, 0) is 95.7 Å². The van der Waals surface area contributed by atoms with Crippen LogP contribution in [0.1, 0.15) is 85.7 Å². The van der Waals surface area contributed by atoms with Crippen LogP contribution in [-0.4, -0.2) is 65.3 Å². The zero-order chi connectivity index (χ0) is 38.1. The fraction of sp³-hybridized carbons (Fsp3) is 0.479. The summed E-state index contributed by atoms with van der Waals surface area (Å²) in [5.74, 6) is 2.54. The Labute approximate surface area is 332 Å². The monoisotopic (exact) mass is 754 g/mol. The molecule has 294 valence electrons. The Hall–Kier alpha value is -4.05. The minimum Gasteiger partial charge on any atom is -0.392 e. The third-order valence-electron chi connectivity index (χ3n) is 13.6. The number of amides is 2. The van der Waals surface area contributed by atoms with Crippen LogP contribution >= 0.6 is 0 Å². The molecule has 4 atom stereocenters. The molecule has 4 aliphatic carbocycles. The highest BCUT2D eigenvalue weighted by Gasteiger charge is 2.51.